The van der Waals surface area contributed by atoms with E-state index in [2.05, 4.69) is 10.4 Å². The number of benzene rings is 2. The summed E-state index contributed by atoms with van der Waals surface area (Å²) in [6, 6.07) is 13.1. The predicted molar refractivity (Wildman–Crippen MR) is 101 cm³/mol. The van der Waals surface area contributed by atoms with Gasteiger partial charge in [0.05, 0.1) is 29.3 Å². The summed E-state index contributed by atoms with van der Waals surface area (Å²) < 4.78 is 28.2. The lowest BCUT2D eigenvalue weighted by molar-refractivity contribution is -0.114. The molecule has 0 bridgehead atoms. The molecule has 7 heteroatoms. The summed E-state index contributed by atoms with van der Waals surface area (Å²) in [5, 5.41) is 7.35. The second kappa shape index (κ2) is 7.57. The Kier molecular flexibility index (Phi) is 5.21. The van der Waals surface area contributed by atoms with E-state index >= 15 is 0 Å². The number of aryl methyl sites for hydroxylation is 1. The molecule has 1 heterocycles. The molecule has 0 atom stereocenters. The molecule has 3 rings (SSSR count). The van der Waals surface area contributed by atoms with Crippen molar-refractivity contribution in [3.05, 3.63) is 71.6 Å². The van der Waals surface area contributed by atoms with Crippen molar-refractivity contribution in [2.45, 2.75) is 13.8 Å². The lowest BCUT2D eigenvalue weighted by Gasteiger charge is -2.19. The average molecular weight is 370 g/mol. The zero-order chi connectivity index (χ0) is 19.6. The van der Waals surface area contributed by atoms with Gasteiger partial charge in [0.2, 0.25) is 5.91 Å². The van der Waals surface area contributed by atoms with Gasteiger partial charge in [-0.1, -0.05) is 18.2 Å². The molecule has 0 spiro atoms. The van der Waals surface area contributed by atoms with Crippen LogP contribution in [0.4, 0.5) is 20.2 Å². The number of hydrogen-bond acceptors (Lipinski definition) is 3. The highest BCUT2D eigenvalue weighted by atomic mass is 19.2. The number of para-hydroxylation sites is 1. The summed E-state index contributed by atoms with van der Waals surface area (Å²) in [5.74, 6) is -2.15. The second-order valence-electron chi connectivity index (χ2n) is 6.30. The van der Waals surface area contributed by atoms with Crippen LogP contribution in [-0.4, -0.2) is 29.3 Å². The van der Waals surface area contributed by atoms with Crippen molar-refractivity contribution in [3.8, 4) is 5.69 Å². The van der Waals surface area contributed by atoms with Crippen LogP contribution >= 0.6 is 0 Å². The maximum Gasteiger partial charge on any atom is 0.243 e. The van der Waals surface area contributed by atoms with E-state index in [9.17, 15) is 13.6 Å². The van der Waals surface area contributed by atoms with Crippen molar-refractivity contribution in [2.24, 2.45) is 0 Å². The predicted octanol–water partition coefficient (Wildman–Crippen LogP) is 3.84. The van der Waals surface area contributed by atoms with E-state index in [0.717, 1.165) is 23.5 Å². The van der Waals surface area contributed by atoms with Gasteiger partial charge in [0, 0.05) is 18.8 Å². The van der Waals surface area contributed by atoms with Crippen LogP contribution in [0.5, 0.6) is 0 Å². The van der Waals surface area contributed by atoms with E-state index in [-0.39, 0.29) is 12.5 Å². The number of amides is 1. The highest BCUT2D eigenvalue weighted by molar-refractivity contribution is 5.95. The van der Waals surface area contributed by atoms with Gasteiger partial charge in [-0.05, 0) is 38.1 Å². The maximum absolute atomic E-state index is 13.4. The van der Waals surface area contributed by atoms with Gasteiger partial charge in [0.1, 0.15) is 0 Å². The molecule has 27 heavy (non-hydrogen) atoms. The minimum atomic E-state index is -0.949. The number of aromatic nitrogens is 2. The number of anilines is 2. The summed E-state index contributed by atoms with van der Waals surface area (Å²) in [6.07, 6.45) is 0. The molecule has 5 nitrogen and oxygen atoms in total. The SMILES string of the molecule is Cc1nn(-c2ccccc2)c(C)c1NC(=O)CN(C)c1ccc(F)c(F)c1. The van der Waals surface area contributed by atoms with Crippen LogP contribution in [0, 0.1) is 25.5 Å². The summed E-state index contributed by atoms with van der Waals surface area (Å²) in [6.45, 7) is 3.68. The lowest BCUT2D eigenvalue weighted by atomic mass is 10.2. The van der Waals surface area contributed by atoms with Gasteiger partial charge in [-0.3, -0.25) is 4.79 Å². The highest BCUT2D eigenvalue weighted by Crippen LogP contribution is 2.23. The number of nitrogens with zero attached hydrogens (tertiary/aromatic N) is 3. The molecule has 0 aliphatic heterocycles. The molecule has 0 saturated heterocycles. The Morgan fingerprint density at radius 3 is 2.48 bits per heavy atom. The molecular weight excluding hydrogens is 350 g/mol. The Bertz CT molecular complexity index is 970. The number of halogens is 2. The molecular formula is C20H20F2N4O. The van der Waals surface area contributed by atoms with Crippen LogP contribution < -0.4 is 10.2 Å². The Hall–Kier alpha value is -3.22. The molecule has 0 fully saturated rings. The van der Waals surface area contributed by atoms with Gasteiger partial charge in [0.25, 0.3) is 0 Å². The van der Waals surface area contributed by atoms with Crippen LogP contribution in [-0.2, 0) is 4.79 Å². The fourth-order valence-corrected chi connectivity index (χ4v) is 2.85. The Labute approximate surface area is 156 Å². The molecule has 1 aromatic heterocycles. The lowest BCUT2D eigenvalue weighted by Crippen LogP contribution is -2.30. The van der Waals surface area contributed by atoms with Crippen LogP contribution in [0.25, 0.3) is 5.69 Å². The van der Waals surface area contributed by atoms with Gasteiger partial charge in [-0.25, -0.2) is 13.5 Å². The number of nitrogens with one attached hydrogen (secondary N) is 1. The fourth-order valence-electron chi connectivity index (χ4n) is 2.85. The number of likely N-dealkylation sites (N-methyl/N-ethyl adjacent to an activating group) is 1. The monoisotopic (exact) mass is 370 g/mol. The third-order valence-corrected chi connectivity index (χ3v) is 4.28. The molecule has 1 N–H and O–H groups in total. The van der Waals surface area contributed by atoms with Crippen molar-refractivity contribution in [1.82, 2.24) is 9.78 Å². The third kappa shape index (κ3) is 3.97. The van der Waals surface area contributed by atoms with Crippen molar-refractivity contribution in [1.29, 1.82) is 0 Å². The largest absolute Gasteiger partial charge is 0.365 e. The van der Waals surface area contributed by atoms with E-state index < -0.39 is 11.6 Å². The number of carbonyl (C=O) groups excluding carboxylic acids is 1. The van der Waals surface area contributed by atoms with Crippen molar-refractivity contribution in [2.75, 3.05) is 23.8 Å². The highest BCUT2D eigenvalue weighted by Gasteiger charge is 2.16. The van der Waals surface area contributed by atoms with Gasteiger partial charge >= 0.3 is 0 Å². The smallest absolute Gasteiger partial charge is 0.243 e. The Morgan fingerprint density at radius 1 is 1.11 bits per heavy atom. The molecule has 2 aromatic carbocycles. The normalized spacial score (nSPS) is 10.7. The number of hydrogen-bond donors (Lipinski definition) is 1. The molecule has 0 aliphatic rings. The first-order chi connectivity index (χ1) is 12.9. The summed E-state index contributed by atoms with van der Waals surface area (Å²) in [5.41, 5.74) is 3.46. The van der Waals surface area contributed by atoms with Crippen LogP contribution in [0.3, 0.4) is 0 Å². The Morgan fingerprint density at radius 2 is 1.81 bits per heavy atom. The second-order valence-corrected chi connectivity index (χ2v) is 6.30. The van der Waals surface area contributed by atoms with E-state index in [0.29, 0.717) is 17.1 Å². The molecule has 0 aliphatic carbocycles. The average Bonchev–Trinajstić information content (AvgIpc) is 2.92. The van der Waals surface area contributed by atoms with Crippen molar-refractivity contribution in [3.63, 3.8) is 0 Å². The quantitative estimate of drug-likeness (QED) is 0.742. The minimum Gasteiger partial charge on any atom is -0.365 e. The molecule has 0 unspecified atom stereocenters. The first kappa shape index (κ1) is 18.6. The summed E-state index contributed by atoms with van der Waals surface area (Å²) in [4.78, 5) is 14.0. The van der Waals surface area contributed by atoms with Crippen molar-refractivity contribution >= 4 is 17.3 Å². The van der Waals surface area contributed by atoms with Gasteiger partial charge in [0.15, 0.2) is 11.6 Å². The standard InChI is InChI=1S/C20H20F2N4O/c1-13-20(14(2)26(24-13)15-7-5-4-6-8-15)23-19(27)12-25(3)16-9-10-17(21)18(22)11-16/h4-11H,12H2,1-3H3,(H,23,27). The van der Waals surface area contributed by atoms with E-state index in [1.54, 1.807) is 16.6 Å². The van der Waals surface area contributed by atoms with E-state index in [4.69, 9.17) is 0 Å². The zero-order valence-electron chi connectivity index (χ0n) is 15.3. The van der Waals surface area contributed by atoms with Crippen LogP contribution in [0.2, 0.25) is 0 Å². The van der Waals surface area contributed by atoms with Crippen molar-refractivity contribution < 1.29 is 13.6 Å². The number of rotatable bonds is 5. The van der Waals surface area contributed by atoms with Crippen LogP contribution in [0.15, 0.2) is 48.5 Å². The molecule has 0 saturated carbocycles. The molecule has 140 valence electrons. The first-order valence-corrected chi connectivity index (χ1v) is 8.44. The summed E-state index contributed by atoms with van der Waals surface area (Å²) >= 11 is 0. The minimum absolute atomic E-state index is 0.0134. The molecule has 0 radical (unpaired) electrons. The zero-order valence-corrected chi connectivity index (χ0v) is 15.3. The van der Waals surface area contributed by atoms with Gasteiger partial charge in [-0.15, -0.1) is 0 Å². The van der Waals surface area contributed by atoms with E-state index in [1.165, 1.54) is 6.07 Å². The van der Waals surface area contributed by atoms with Gasteiger partial charge in [-0.2, -0.15) is 5.10 Å². The maximum atomic E-state index is 13.4. The molecule has 1 amide bonds. The molecule has 3 aromatic rings. The topological polar surface area (TPSA) is 50.2 Å². The fraction of sp³-hybridized carbons (Fsp3) is 0.200. The Balaban J connectivity index is 1.74. The first-order valence-electron chi connectivity index (χ1n) is 8.44. The van der Waals surface area contributed by atoms with Crippen LogP contribution in [0.1, 0.15) is 11.4 Å². The van der Waals surface area contributed by atoms with E-state index in [1.807, 2.05) is 44.2 Å². The van der Waals surface area contributed by atoms with Gasteiger partial charge < -0.3 is 10.2 Å². The summed E-state index contributed by atoms with van der Waals surface area (Å²) in [7, 11) is 1.64. The third-order valence-electron chi connectivity index (χ3n) is 4.28. The number of carbonyl (C=O) groups is 1.